The number of oxime groups is 1. The quantitative estimate of drug-likeness (QED) is 0.0351. The molecule has 0 aromatic heterocycles. The molecule has 0 radical (unpaired) electrons. The number of hydrogen-bond acceptors (Lipinski definition) is 11. The van der Waals surface area contributed by atoms with Gasteiger partial charge >= 0.3 is 0 Å². The lowest BCUT2D eigenvalue weighted by Crippen LogP contribution is -2.70. The van der Waals surface area contributed by atoms with Crippen LogP contribution in [-0.2, 0) is 16.1 Å². The van der Waals surface area contributed by atoms with E-state index < -0.39 is 22.7 Å². The number of ether oxygens (including phenoxy) is 3. The van der Waals surface area contributed by atoms with Gasteiger partial charge < -0.3 is 34.2 Å². The molecular weight excluding hydrogens is 837 g/mol. The largest absolute Gasteiger partial charge is 0.459 e. The Morgan fingerprint density at radius 3 is 2.45 bits per heavy atom. The van der Waals surface area contributed by atoms with Gasteiger partial charge in [-0.15, -0.1) is 6.58 Å². The molecule has 6 atom stereocenters. The van der Waals surface area contributed by atoms with Gasteiger partial charge in [-0.1, -0.05) is 78.7 Å². The van der Waals surface area contributed by atoms with E-state index >= 15 is 4.79 Å². The van der Waals surface area contributed by atoms with Gasteiger partial charge in [0.25, 0.3) is 11.6 Å². The first-order valence-corrected chi connectivity index (χ1v) is 22.5. The molecule has 0 bridgehead atoms. The summed E-state index contributed by atoms with van der Waals surface area (Å²) in [6.45, 7) is 4.40. The lowest BCUT2D eigenvalue weighted by molar-refractivity contribution is -0.384. The van der Waals surface area contributed by atoms with Crippen LogP contribution in [0, 0.1) is 39.2 Å². The third kappa shape index (κ3) is 9.17. The van der Waals surface area contributed by atoms with Crippen molar-refractivity contribution in [2.75, 3.05) is 26.9 Å². The first-order chi connectivity index (χ1) is 32.2. The molecule has 0 saturated heterocycles. The second-order valence-electron chi connectivity index (χ2n) is 17.1. The Labute approximate surface area is 384 Å². The molecule has 1 saturated carbocycles. The van der Waals surface area contributed by atoms with Gasteiger partial charge in [0.1, 0.15) is 30.4 Å². The van der Waals surface area contributed by atoms with Crippen molar-refractivity contribution in [3.63, 3.8) is 0 Å². The number of unbranched alkanes of at least 4 members (excludes halogenated alkanes) is 2. The van der Waals surface area contributed by atoms with Crippen LogP contribution in [0.4, 0.5) is 5.69 Å². The van der Waals surface area contributed by atoms with E-state index in [0.717, 1.165) is 53.2 Å². The predicted molar refractivity (Wildman–Crippen MR) is 250 cm³/mol. The van der Waals surface area contributed by atoms with Crippen molar-refractivity contribution in [2.24, 2.45) is 22.9 Å². The van der Waals surface area contributed by atoms with Gasteiger partial charge in [-0.2, -0.15) is 5.26 Å². The zero-order valence-corrected chi connectivity index (χ0v) is 37.0. The minimum absolute atomic E-state index is 0.00145. The number of nitrogens with zero attached hydrogens (tertiary/aromatic N) is 4. The molecule has 0 spiro atoms. The zero-order chi connectivity index (χ0) is 46.2. The molecule has 5 aromatic rings. The number of allylic oxidation sites excluding steroid dienone is 1. The van der Waals surface area contributed by atoms with Crippen molar-refractivity contribution >= 4 is 28.1 Å². The van der Waals surface area contributed by atoms with E-state index in [9.17, 15) is 25.6 Å². The Bertz CT molecular complexity index is 2670. The minimum atomic E-state index is -1.54. The first kappa shape index (κ1) is 45.7. The number of benzene rings is 5. The lowest BCUT2D eigenvalue weighted by atomic mass is 9.55. The van der Waals surface area contributed by atoms with Gasteiger partial charge in [0.05, 0.1) is 40.9 Å². The molecule has 3 aliphatic rings. The van der Waals surface area contributed by atoms with E-state index in [-0.39, 0.29) is 62.1 Å². The topological polar surface area (TPSA) is 177 Å². The first-order valence-electron chi connectivity index (χ1n) is 22.5. The summed E-state index contributed by atoms with van der Waals surface area (Å²) in [5, 5.41) is 48.1. The lowest BCUT2D eigenvalue weighted by Gasteiger charge is -2.60. The summed E-state index contributed by atoms with van der Waals surface area (Å²) in [5.41, 5.74) is 3.96. The predicted octanol–water partition coefficient (Wildman–Crippen LogP) is 10.0. The van der Waals surface area contributed by atoms with Crippen molar-refractivity contribution in [2.45, 2.75) is 69.2 Å². The fraction of sp³-hybridized carbons (Fsp3) is 0.340. The number of aliphatic hydroxyl groups excluding tert-OH is 2. The Kier molecular flexibility index (Phi) is 14.2. The van der Waals surface area contributed by atoms with Crippen LogP contribution in [0.5, 0.6) is 17.2 Å². The normalized spacial score (nSPS) is 22.2. The van der Waals surface area contributed by atoms with Gasteiger partial charge in [0.2, 0.25) is 5.79 Å². The standard InChI is InChI=1S/C53H54N4O9/c1-3-28-64-53-49(56(52(60)37-22-20-35(33-54)21-23-37)34-39-15-10-14-36-12-4-5-18-43(36)39)32-47(55-63-2)45-29-38(13-6-8-26-58)44(19-7-9-27-59)50(51(45)53)46-31-42(24-25-48(46)66-53)65-41-17-11-16-40(30-41)57(61)62/h3-5,10-12,14-18,20-25,29-31,38,44,49-51,58-59H,1,6-9,13,19,26-28,32,34H2,2H3/t38-,44+,49-,50+,51+,53+/m0/s1. The molecule has 340 valence electrons. The highest BCUT2D eigenvalue weighted by Gasteiger charge is 2.65. The smallest absolute Gasteiger partial charge is 0.273 e. The summed E-state index contributed by atoms with van der Waals surface area (Å²) in [5.74, 6) is -1.52. The van der Waals surface area contributed by atoms with Gasteiger partial charge in [-0.25, -0.2) is 0 Å². The fourth-order valence-corrected chi connectivity index (χ4v) is 10.4. The number of nitriles is 1. The number of carbonyl (C=O) groups excluding carboxylic acids is 1. The van der Waals surface area contributed by atoms with Gasteiger partial charge in [0, 0.05) is 49.3 Å². The fourth-order valence-electron chi connectivity index (χ4n) is 10.4. The Morgan fingerprint density at radius 1 is 0.970 bits per heavy atom. The van der Waals surface area contributed by atoms with Crippen LogP contribution in [0.25, 0.3) is 10.8 Å². The molecule has 8 rings (SSSR count). The van der Waals surface area contributed by atoms with Crippen molar-refractivity contribution in [1.82, 2.24) is 4.90 Å². The highest BCUT2D eigenvalue weighted by Crippen LogP contribution is 2.62. The van der Waals surface area contributed by atoms with Crippen LogP contribution < -0.4 is 9.47 Å². The number of rotatable bonds is 19. The molecule has 66 heavy (non-hydrogen) atoms. The Morgan fingerprint density at radius 2 is 1.71 bits per heavy atom. The zero-order valence-electron chi connectivity index (χ0n) is 37.0. The summed E-state index contributed by atoms with van der Waals surface area (Å²) in [4.78, 5) is 34.2. The molecule has 0 unspecified atom stereocenters. The van der Waals surface area contributed by atoms with E-state index in [1.54, 1.807) is 48.5 Å². The number of non-ortho nitro benzene ring substituents is 1. The second-order valence-corrected chi connectivity index (χ2v) is 17.1. The monoisotopic (exact) mass is 890 g/mol. The Hall–Kier alpha value is -6.85. The molecule has 1 aliphatic heterocycles. The molecule has 1 heterocycles. The van der Waals surface area contributed by atoms with Crippen LogP contribution in [0.3, 0.4) is 0 Å². The van der Waals surface area contributed by atoms with Gasteiger partial charge in [-0.3, -0.25) is 14.9 Å². The highest BCUT2D eigenvalue weighted by atomic mass is 16.7. The summed E-state index contributed by atoms with van der Waals surface area (Å²) in [6, 6.07) is 33.6. The number of amides is 1. The summed E-state index contributed by atoms with van der Waals surface area (Å²) < 4.78 is 21.0. The molecule has 1 fully saturated rings. The number of nitro groups is 1. The maximum Gasteiger partial charge on any atom is 0.273 e. The summed E-state index contributed by atoms with van der Waals surface area (Å²) in [6.07, 6.45) is 8.37. The van der Waals surface area contributed by atoms with E-state index in [1.807, 2.05) is 59.5 Å². The van der Waals surface area contributed by atoms with Crippen molar-refractivity contribution in [3.05, 3.63) is 166 Å². The van der Waals surface area contributed by atoms with E-state index in [4.69, 9.17) is 24.2 Å². The van der Waals surface area contributed by atoms with Crippen molar-refractivity contribution < 1.29 is 39.0 Å². The number of aliphatic hydroxyl groups is 2. The van der Waals surface area contributed by atoms with Gasteiger partial charge in [-0.05, 0) is 108 Å². The van der Waals surface area contributed by atoms with Crippen LogP contribution in [0.1, 0.15) is 77.9 Å². The molecule has 2 aliphatic carbocycles. The average Bonchev–Trinajstić information content (AvgIpc) is 3.34. The SMILES string of the molecule is C=CCO[C@@]12Oc3ccc(Oc4cccc([N+](=O)[O-])c4)cc3[C@H]3[C@H](CCCCO)[C@@H](CCCCO)C=C(C(=NOC)C[C@@H]1N(Cc1cccc4ccccc14)C(=O)c1ccc(C#N)cc1)[C@H]32. The molecule has 2 N–H and O–H groups in total. The van der Waals surface area contributed by atoms with Crippen molar-refractivity contribution in [3.8, 4) is 23.3 Å². The van der Waals surface area contributed by atoms with E-state index in [0.29, 0.717) is 46.9 Å². The molecule has 13 nitrogen and oxygen atoms in total. The molecule has 5 aromatic carbocycles. The summed E-state index contributed by atoms with van der Waals surface area (Å²) >= 11 is 0. The number of nitro benzene ring substituents is 1. The highest BCUT2D eigenvalue weighted by molar-refractivity contribution is 6.03. The number of fused-ring (bicyclic) bond motifs is 3. The van der Waals surface area contributed by atoms with E-state index in [1.165, 1.54) is 19.2 Å². The number of carbonyl (C=O) groups is 1. The van der Waals surface area contributed by atoms with Crippen LogP contribution in [-0.4, -0.2) is 70.4 Å². The minimum Gasteiger partial charge on any atom is -0.459 e. The summed E-state index contributed by atoms with van der Waals surface area (Å²) in [7, 11) is 1.51. The maximum absolute atomic E-state index is 15.5. The molecule has 1 amide bonds. The number of hydrogen-bond donors (Lipinski definition) is 2. The second kappa shape index (κ2) is 20.5. The third-order valence-corrected chi connectivity index (χ3v) is 13.2. The van der Waals surface area contributed by atoms with Crippen LogP contribution in [0.15, 0.2) is 139 Å². The third-order valence-electron chi connectivity index (χ3n) is 13.2. The maximum atomic E-state index is 15.5. The van der Waals surface area contributed by atoms with Crippen molar-refractivity contribution in [1.29, 1.82) is 5.26 Å². The van der Waals surface area contributed by atoms with Crippen LogP contribution in [0.2, 0.25) is 0 Å². The van der Waals surface area contributed by atoms with Crippen LogP contribution >= 0.6 is 0 Å². The Balaban J connectivity index is 1.36. The molecular formula is C53H54N4O9. The average molecular weight is 891 g/mol. The van der Waals surface area contributed by atoms with E-state index in [2.05, 4.69) is 18.7 Å². The molecule has 13 heteroatoms. The van der Waals surface area contributed by atoms with Gasteiger partial charge in [0.15, 0.2) is 0 Å².